The maximum atomic E-state index is 4.76. The maximum Gasteiger partial charge on any atom is 0.0468 e. The summed E-state index contributed by atoms with van der Waals surface area (Å²) in [5, 5.41) is 2.66. The molecule has 158 valence electrons. The molecule has 0 aliphatic heterocycles. The Morgan fingerprint density at radius 2 is 1.56 bits per heavy atom. The SMILES string of the molecule is C=C1C2=C(/C=C\Cc3ccccc3C1(C)C)c1ccc3[nH]c4ccccc4c3c1C2(C)C. The fraction of sp³-hybridized carbons (Fsp3) is 0.226. The van der Waals surface area contributed by atoms with Gasteiger partial charge >= 0.3 is 0 Å². The second kappa shape index (κ2) is 6.36. The molecule has 1 heterocycles. The van der Waals surface area contributed by atoms with Gasteiger partial charge in [0, 0.05) is 32.6 Å². The van der Waals surface area contributed by atoms with E-state index in [2.05, 4.69) is 105 Å². The molecule has 0 spiro atoms. The van der Waals surface area contributed by atoms with Gasteiger partial charge in [0.05, 0.1) is 0 Å². The highest BCUT2D eigenvalue weighted by molar-refractivity contribution is 6.12. The van der Waals surface area contributed by atoms with Crippen molar-refractivity contribution in [1.82, 2.24) is 4.98 Å². The first-order valence-corrected chi connectivity index (χ1v) is 11.6. The van der Waals surface area contributed by atoms with Crippen molar-refractivity contribution < 1.29 is 0 Å². The fourth-order valence-corrected chi connectivity index (χ4v) is 6.21. The number of hydrogen-bond acceptors (Lipinski definition) is 0. The Labute approximate surface area is 190 Å². The molecule has 0 bridgehead atoms. The van der Waals surface area contributed by atoms with Gasteiger partial charge in [-0.15, -0.1) is 0 Å². The molecule has 32 heavy (non-hydrogen) atoms. The first kappa shape index (κ1) is 19.4. The summed E-state index contributed by atoms with van der Waals surface area (Å²) in [4.78, 5) is 3.64. The number of nitrogens with one attached hydrogen (secondary N) is 1. The fourth-order valence-electron chi connectivity index (χ4n) is 6.21. The average molecular weight is 416 g/mol. The molecule has 0 saturated heterocycles. The third-order valence-corrected chi connectivity index (χ3v) is 7.85. The van der Waals surface area contributed by atoms with E-state index in [-0.39, 0.29) is 10.8 Å². The monoisotopic (exact) mass is 415 g/mol. The predicted octanol–water partition coefficient (Wildman–Crippen LogP) is 8.01. The van der Waals surface area contributed by atoms with Gasteiger partial charge in [0.25, 0.3) is 0 Å². The molecule has 0 amide bonds. The highest BCUT2D eigenvalue weighted by Crippen LogP contribution is 2.56. The van der Waals surface area contributed by atoms with Gasteiger partial charge in [0.1, 0.15) is 0 Å². The summed E-state index contributed by atoms with van der Waals surface area (Å²) in [5.74, 6) is 0. The second-order valence-corrected chi connectivity index (χ2v) is 10.4. The van der Waals surface area contributed by atoms with Crippen molar-refractivity contribution in [2.24, 2.45) is 0 Å². The van der Waals surface area contributed by atoms with Crippen molar-refractivity contribution in [1.29, 1.82) is 0 Å². The Hall–Kier alpha value is -3.32. The molecule has 1 aromatic heterocycles. The molecule has 2 aliphatic rings. The minimum atomic E-state index is -0.151. The molecule has 0 fully saturated rings. The Morgan fingerprint density at radius 3 is 2.41 bits per heavy atom. The highest BCUT2D eigenvalue weighted by Gasteiger charge is 2.44. The van der Waals surface area contributed by atoms with E-state index in [1.807, 2.05) is 0 Å². The van der Waals surface area contributed by atoms with Gasteiger partial charge in [-0.3, -0.25) is 0 Å². The largest absolute Gasteiger partial charge is 0.355 e. The summed E-state index contributed by atoms with van der Waals surface area (Å²) < 4.78 is 0. The summed E-state index contributed by atoms with van der Waals surface area (Å²) in [6.07, 6.45) is 5.63. The number of aromatic nitrogens is 1. The van der Waals surface area contributed by atoms with Crippen LogP contribution in [-0.4, -0.2) is 4.98 Å². The van der Waals surface area contributed by atoms with Crippen LogP contribution in [0, 0.1) is 0 Å². The van der Waals surface area contributed by atoms with E-state index in [1.54, 1.807) is 0 Å². The first-order chi connectivity index (χ1) is 15.3. The molecule has 0 radical (unpaired) electrons. The van der Waals surface area contributed by atoms with Crippen molar-refractivity contribution >= 4 is 27.4 Å². The van der Waals surface area contributed by atoms with Gasteiger partial charge in [0.2, 0.25) is 0 Å². The van der Waals surface area contributed by atoms with Crippen LogP contribution in [0.15, 0.2) is 90.5 Å². The lowest BCUT2D eigenvalue weighted by Gasteiger charge is -2.36. The van der Waals surface area contributed by atoms with Crippen molar-refractivity contribution in [2.75, 3.05) is 0 Å². The number of fused-ring (bicyclic) bond motifs is 7. The Kier molecular flexibility index (Phi) is 3.85. The van der Waals surface area contributed by atoms with Gasteiger partial charge < -0.3 is 4.98 Å². The molecule has 0 unspecified atom stereocenters. The smallest absolute Gasteiger partial charge is 0.0468 e. The first-order valence-electron chi connectivity index (χ1n) is 11.6. The van der Waals surface area contributed by atoms with Crippen molar-refractivity contribution in [3.63, 3.8) is 0 Å². The second-order valence-electron chi connectivity index (χ2n) is 10.4. The van der Waals surface area contributed by atoms with Crippen LogP contribution in [0.5, 0.6) is 0 Å². The number of rotatable bonds is 0. The van der Waals surface area contributed by atoms with Crippen LogP contribution in [0.25, 0.3) is 27.4 Å². The summed E-state index contributed by atoms with van der Waals surface area (Å²) >= 11 is 0. The third-order valence-electron chi connectivity index (χ3n) is 7.85. The van der Waals surface area contributed by atoms with E-state index < -0.39 is 0 Å². The lowest BCUT2D eigenvalue weighted by atomic mass is 9.67. The van der Waals surface area contributed by atoms with Crippen LogP contribution >= 0.6 is 0 Å². The quantitative estimate of drug-likeness (QED) is 0.299. The van der Waals surface area contributed by atoms with Gasteiger partial charge in [-0.2, -0.15) is 0 Å². The summed E-state index contributed by atoms with van der Waals surface area (Å²) in [6.45, 7) is 14.2. The highest BCUT2D eigenvalue weighted by atomic mass is 14.7. The molecular formula is C31H29N. The van der Waals surface area contributed by atoms with E-state index in [4.69, 9.17) is 6.58 Å². The maximum absolute atomic E-state index is 4.76. The number of hydrogen-bond donors (Lipinski definition) is 1. The van der Waals surface area contributed by atoms with Crippen LogP contribution in [0.3, 0.4) is 0 Å². The Balaban J connectivity index is 1.68. The van der Waals surface area contributed by atoms with Crippen LogP contribution in [0.1, 0.15) is 49.9 Å². The molecular weight excluding hydrogens is 386 g/mol. The topological polar surface area (TPSA) is 15.8 Å². The standard InChI is InChI=1S/C31H29N/c1-19-28-21(14-10-12-20-11-6-8-15-24(20)30(19,2)3)22-17-18-26-27(29(22)31(28,4)5)23-13-7-9-16-25(23)32-26/h6-11,13-18,32H,1,12H2,2-5H3/b14-10-. The molecule has 0 saturated carbocycles. The van der Waals surface area contributed by atoms with E-state index in [9.17, 15) is 0 Å². The molecule has 2 aliphatic carbocycles. The van der Waals surface area contributed by atoms with E-state index in [0.717, 1.165) is 6.42 Å². The zero-order valence-electron chi connectivity index (χ0n) is 19.3. The Bertz CT molecular complexity index is 1500. The Morgan fingerprint density at radius 1 is 0.812 bits per heavy atom. The number of H-pyrrole nitrogens is 1. The van der Waals surface area contributed by atoms with E-state index >= 15 is 0 Å². The third kappa shape index (κ3) is 2.40. The molecule has 0 atom stereocenters. The average Bonchev–Trinajstić information content (AvgIpc) is 3.26. The molecule has 1 nitrogen and oxygen atoms in total. The van der Waals surface area contributed by atoms with E-state index in [1.165, 1.54) is 60.8 Å². The van der Waals surface area contributed by atoms with Gasteiger partial charge in [-0.1, -0.05) is 95.0 Å². The van der Waals surface area contributed by atoms with Gasteiger partial charge in [-0.25, -0.2) is 0 Å². The zero-order chi connectivity index (χ0) is 22.3. The number of allylic oxidation sites excluding steroid dienone is 5. The lowest BCUT2D eigenvalue weighted by Crippen LogP contribution is -2.28. The van der Waals surface area contributed by atoms with E-state index in [0.29, 0.717) is 0 Å². The number of benzene rings is 3. The molecule has 4 aromatic rings. The number of para-hydroxylation sites is 1. The summed E-state index contributed by atoms with van der Waals surface area (Å²) in [7, 11) is 0. The van der Waals surface area contributed by atoms with Crippen LogP contribution in [-0.2, 0) is 17.3 Å². The van der Waals surface area contributed by atoms with Crippen molar-refractivity contribution in [3.05, 3.63) is 113 Å². The minimum Gasteiger partial charge on any atom is -0.355 e. The van der Waals surface area contributed by atoms with Crippen molar-refractivity contribution in [3.8, 4) is 0 Å². The molecule has 1 heteroatoms. The van der Waals surface area contributed by atoms with Gasteiger partial charge in [-0.05, 0) is 57.5 Å². The molecule has 6 rings (SSSR count). The predicted molar refractivity (Wildman–Crippen MR) is 137 cm³/mol. The normalized spacial score (nSPS) is 19.8. The van der Waals surface area contributed by atoms with Crippen LogP contribution in [0.2, 0.25) is 0 Å². The van der Waals surface area contributed by atoms with Crippen LogP contribution < -0.4 is 0 Å². The summed E-state index contributed by atoms with van der Waals surface area (Å²) in [6, 6.07) is 22.1. The van der Waals surface area contributed by atoms with Gasteiger partial charge in [0.15, 0.2) is 0 Å². The van der Waals surface area contributed by atoms with Crippen LogP contribution in [0.4, 0.5) is 0 Å². The lowest BCUT2D eigenvalue weighted by molar-refractivity contribution is 0.574. The molecule has 3 aromatic carbocycles. The summed E-state index contributed by atoms with van der Waals surface area (Å²) in [5.41, 5.74) is 11.6. The zero-order valence-corrected chi connectivity index (χ0v) is 19.3. The van der Waals surface area contributed by atoms with Crippen molar-refractivity contribution in [2.45, 2.75) is 44.9 Å². The number of aromatic amines is 1. The molecule has 1 N–H and O–H groups in total. The minimum absolute atomic E-state index is 0.146.